The van der Waals surface area contributed by atoms with Gasteiger partial charge in [0.15, 0.2) is 5.65 Å². The fourth-order valence-corrected chi connectivity index (χ4v) is 6.14. The van der Waals surface area contributed by atoms with Crippen LogP contribution in [0, 0.1) is 5.82 Å². The molecule has 1 aliphatic heterocycles. The highest BCUT2D eigenvalue weighted by Gasteiger charge is 2.30. The van der Waals surface area contributed by atoms with Gasteiger partial charge in [-0.05, 0) is 69.2 Å². The molecule has 0 spiro atoms. The molecule has 0 N–H and O–H groups in total. The van der Waals surface area contributed by atoms with Crippen molar-refractivity contribution in [2.45, 2.75) is 37.7 Å². The van der Waals surface area contributed by atoms with Gasteiger partial charge in [-0.1, -0.05) is 24.3 Å². The Morgan fingerprint density at radius 3 is 2.45 bits per heavy atom. The fourth-order valence-electron chi connectivity index (χ4n) is 4.63. The molecule has 4 aromatic rings. The minimum Gasteiger partial charge on any atom is -0.496 e. The zero-order valence-corrected chi connectivity index (χ0v) is 23.4. The van der Waals surface area contributed by atoms with Crippen LogP contribution in [0.1, 0.15) is 32.9 Å². The molecule has 11 heteroatoms. The second-order valence-electron chi connectivity index (χ2n) is 10.3. The molecule has 40 heavy (non-hydrogen) atoms. The molecule has 5 rings (SSSR count). The zero-order valence-electron chi connectivity index (χ0n) is 22.6. The van der Waals surface area contributed by atoms with Crippen LogP contribution in [0.25, 0.3) is 27.9 Å². The molecule has 0 fully saturated rings. The minimum atomic E-state index is -4.10. The minimum absolute atomic E-state index is 0.0871. The summed E-state index contributed by atoms with van der Waals surface area (Å²) in [6, 6.07) is 13.8. The summed E-state index contributed by atoms with van der Waals surface area (Å²) in [5.41, 5.74) is 1.31. The highest BCUT2D eigenvalue weighted by atomic mass is 32.2. The molecule has 0 aliphatic carbocycles. The number of fused-ring (bicyclic) bond motifs is 1. The Balaban J connectivity index is 1.69. The molecular weight excluding hydrogens is 535 g/mol. The van der Waals surface area contributed by atoms with Gasteiger partial charge in [0.1, 0.15) is 23.5 Å². The fraction of sp³-hybridized carbons (Fsp3) is 0.276. The van der Waals surface area contributed by atoms with Gasteiger partial charge < -0.3 is 14.4 Å². The Morgan fingerprint density at radius 1 is 1.05 bits per heavy atom. The summed E-state index contributed by atoms with van der Waals surface area (Å²) in [4.78, 5) is 23.0. The summed E-state index contributed by atoms with van der Waals surface area (Å²) in [6.45, 7) is 5.98. The third-order valence-electron chi connectivity index (χ3n) is 6.44. The van der Waals surface area contributed by atoms with Gasteiger partial charge in [0.25, 0.3) is 10.0 Å². The molecule has 9 nitrogen and oxygen atoms in total. The first-order valence-corrected chi connectivity index (χ1v) is 14.1. The Morgan fingerprint density at radius 2 is 1.80 bits per heavy atom. The molecular formula is C29H29FN4O5S. The highest BCUT2D eigenvalue weighted by molar-refractivity contribution is 7.90. The molecule has 208 valence electrons. The van der Waals surface area contributed by atoms with E-state index >= 15 is 0 Å². The zero-order chi connectivity index (χ0) is 28.7. The van der Waals surface area contributed by atoms with Crippen LogP contribution in [0.4, 0.5) is 9.18 Å². The second-order valence-corrected chi connectivity index (χ2v) is 12.1. The Hall–Kier alpha value is -4.25. The van der Waals surface area contributed by atoms with E-state index in [0.717, 1.165) is 5.57 Å². The van der Waals surface area contributed by atoms with Crippen LogP contribution in [-0.2, 0) is 14.8 Å². The number of hydrogen-bond donors (Lipinski definition) is 0. The number of amides is 1. The maximum absolute atomic E-state index is 14.3. The van der Waals surface area contributed by atoms with Crippen molar-refractivity contribution < 1.29 is 27.1 Å². The third-order valence-corrected chi connectivity index (χ3v) is 8.16. The van der Waals surface area contributed by atoms with Crippen LogP contribution < -0.4 is 4.74 Å². The first kappa shape index (κ1) is 27.3. The Kier molecular flexibility index (Phi) is 7.09. The number of methoxy groups -OCH3 is 1. The van der Waals surface area contributed by atoms with E-state index in [9.17, 15) is 17.6 Å². The quantitative estimate of drug-likeness (QED) is 0.315. The monoisotopic (exact) mass is 564 g/mol. The lowest BCUT2D eigenvalue weighted by Gasteiger charge is -2.29. The molecule has 0 unspecified atom stereocenters. The van der Waals surface area contributed by atoms with Crippen molar-refractivity contribution in [1.29, 1.82) is 0 Å². The summed E-state index contributed by atoms with van der Waals surface area (Å²) >= 11 is 0. The van der Waals surface area contributed by atoms with E-state index < -0.39 is 27.5 Å². The van der Waals surface area contributed by atoms with E-state index in [1.165, 1.54) is 47.7 Å². The Bertz CT molecular complexity index is 1730. The molecule has 0 saturated heterocycles. The summed E-state index contributed by atoms with van der Waals surface area (Å²) in [5.74, 6) is -0.108. The van der Waals surface area contributed by atoms with E-state index in [1.807, 2.05) is 6.08 Å². The van der Waals surface area contributed by atoms with Crippen LogP contribution >= 0.6 is 0 Å². The largest absolute Gasteiger partial charge is 0.496 e. The van der Waals surface area contributed by atoms with Gasteiger partial charge >= 0.3 is 6.09 Å². The molecule has 2 aromatic carbocycles. The first-order valence-electron chi connectivity index (χ1n) is 12.7. The van der Waals surface area contributed by atoms with Gasteiger partial charge in [-0.2, -0.15) is 0 Å². The van der Waals surface area contributed by atoms with E-state index in [-0.39, 0.29) is 17.1 Å². The summed E-state index contributed by atoms with van der Waals surface area (Å²) in [6.07, 6.45) is 3.01. The van der Waals surface area contributed by atoms with Crippen molar-refractivity contribution in [2.75, 3.05) is 20.2 Å². The van der Waals surface area contributed by atoms with E-state index in [4.69, 9.17) is 9.47 Å². The smallest absolute Gasteiger partial charge is 0.410 e. The maximum Gasteiger partial charge on any atom is 0.410 e. The summed E-state index contributed by atoms with van der Waals surface area (Å²) in [7, 11) is -2.64. The van der Waals surface area contributed by atoms with E-state index in [2.05, 4.69) is 9.97 Å². The molecule has 0 saturated carbocycles. The summed E-state index contributed by atoms with van der Waals surface area (Å²) < 4.78 is 54.5. The average molecular weight is 565 g/mol. The number of benzene rings is 2. The number of carbonyl (C=O) groups excluding carboxylic acids is 1. The number of ether oxygens (including phenoxy) is 2. The van der Waals surface area contributed by atoms with E-state index in [1.54, 1.807) is 49.9 Å². The molecule has 1 aliphatic rings. The average Bonchev–Trinajstić information content (AvgIpc) is 3.33. The number of halogens is 1. The maximum atomic E-state index is 14.3. The number of aromatic nitrogens is 3. The standard InChI is InChI=1S/C29H29FN4O5S/c1-29(2,3)39-28(35)33-14-12-19(13-15-33)24-17-23-26(22-16-20(30)10-11-25(22)38-4)31-18-32-27(23)34(24)40(36,37)21-8-6-5-7-9-21/h5-12,16-18H,13-15H2,1-4H3. The van der Waals surface area contributed by atoms with Gasteiger partial charge in [-0.15, -0.1) is 0 Å². The molecule has 0 bridgehead atoms. The molecule has 2 aromatic heterocycles. The normalized spacial score (nSPS) is 14.2. The van der Waals surface area contributed by atoms with Crippen molar-refractivity contribution in [3.05, 3.63) is 78.5 Å². The third kappa shape index (κ3) is 5.16. The lowest BCUT2D eigenvalue weighted by atomic mass is 10.0. The van der Waals surface area contributed by atoms with Crippen LogP contribution in [0.5, 0.6) is 5.75 Å². The van der Waals surface area contributed by atoms with Crippen molar-refractivity contribution >= 4 is 32.7 Å². The number of rotatable bonds is 5. The number of hydrogen-bond acceptors (Lipinski definition) is 7. The number of nitrogens with zero attached hydrogens (tertiary/aromatic N) is 4. The lowest BCUT2D eigenvalue weighted by Crippen LogP contribution is -2.39. The molecule has 0 atom stereocenters. The van der Waals surface area contributed by atoms with Gasteiger partial charge in [0.05, 0.1) is 23.4 Å². The molecule has 3 heterocycles. The van der Waals surface area contributed by atoms with Crippen molar-refractivity contribution in [2.24, 2.45) is 0 Å². The molecule has 1 amide bonds. The lowest BCUT2D eigenvalue weighted by molar-refractivity contribution is 0.0270. The van der Waals surface area contributed by atoms with Crippen molar-refractivity contribution in [1.82, 2.24) is 18.8 Å². The van der Waals surface area contributed by atoms with Gasteiger partial charge in [-0.3, -0.25) is 0 Å². The van der Waals surface area contributed by atoms with Crippen LogP contribution in [-0.4, -0.2) is 59.2 Å². The van der Waals surface area contributed by atoms with Gasteiger partial charge in [0, 0.05) is 24.0 Å². The van der Waals surface area contributed by atoms with Gasteiger partial charge in [0.2, 0.25) is 0 Å². The van der Waals surface area contributed by atoms with Crippen LogP contribution in [0.2, 0.25) is 0 Å². The predicted molar refractivity (Wildman–Crippen MR) is 149 cm³/mol. The van der Waals surface area contributed by atoms with E-state index in [0.29, 0.717) is 41.1 Å². The predicted octanol–water partition coefficient (Wildman–Crippen LogP) is 5.51. The van der Waals surface area contributed by atoms with Gasteiger partial charge in [-0.25, -0.2) is 31.5 Å². The van der Waals surface area contributed by atoms with Crippen LogP contribution in [0.15, 0.2) is 71.9 Å². The first-order chi connectivity index (χ1) is 19.0. The van der Waals surface area contributed by atoms with Crippen molar-refractivity contribution in [3.8, 4) is 17.0 Å². The topological polar surface area (TPSA) is 104 Å². The summed E-state index contributed by atoms with van der Waals surface area (Å²) in [5, 5.41) is 0.413. The SMILES string of the molecule is COc1ccc(F)cc1-c1ncnc2c1cc(C1=CCN(C(=O)OC(C)(C)C)CC1)n2S(=O)(=O)c1ccccc1. The number of carbonyl (C=O) groups is 1. The highest BCUT2D eigenvalue weighted by Crippen LogP contribution is 2.38. The van der Waals surface area contributed by atoms with Crippen LogP contribution in [0.3, 0.4) is 0 Å². The Labute approximate surface area is 231 Å². The van der Waals surface area contributed by atoms with Crippen molar-refractivity contribution in [3.63, 3.8) is 0 Å². The molecule has 0 radical (unpaired) electrons. The second kappa shape index (κ2) is 10.4.